The van der Waals surface area contributed by atoms with Crippen LogP contribution >= 0.6 is 15.9 Å². The van der Waals surface area contributed by atoms with Gasteiger partial charge in [-0.15, -0.1) is 6.42 Å². The van der Waals surface area contributed by atoms with Gasteiger partial charge in [-0.2, -0.15) is 5.10 Å². The third kappa shape index (κ3) is 4.72. The van der Waals surface area contributed by atoms with Gasteiger partial charge in [0.25, 0.3) is 0 Å². The highest BCUT2D eigenvalue weighted by atomic mass is 79.9. The Morgan fingerprint density at radius 2 is 2.14 bits per heavy atom. The van der Waals surface area contributed by atoms with Gasteiger partial charge >= 0.3 is 5.91 Å². The van der Waals surface area contributed by atoms with E-state index >= 15 is 0 Å². The van der Waals surface area contributed by atoms with Crippen molar-refractivity contribution in [1.29, 1.82) is 0 Å². The van der Waals surface area contributed by atoms with Crippen molar-refractivity contribution >= 4 is 39.0 Å². The van der Waals surface area contributed by atoms with Crippen molar-refractivity contribution in [3.8, 4) is 23.8 Å². The quantitative estimate of drug-likeness (QED) is 0.336. The molecule has 7 heteroatoms. The summed E-state index contributed by atoms with van der Waals surface area (Å²) >= 11 is 3.40. The van der Waals surface area contributed by atoms with E-state index in [1.54, 1.807) is 36.4 Å². The zero-order valence-electron chi connectivity index (χ0n) is 15.1. The summed E-state index contributed by atoms with van der Waals surface area (Å²) in [5.74, 6) is 3.48. The van der Waals surface area contributed by atoms with Crippen LogP contribution in [0.15, 0.2) is 56.5 Å². The lowest BCUT2D eigenvalue weighted by Crippen LogP contribution is -2.16. The van der Waals surface area contributed by atoms with E-state index in [-0.39, 0.29) is 12.4 Å². The maximum absolute atomic E-state index is 12.3. The Balaban J connectivity index is 1.65. The van der Waals surface area contributed by atoms with Crippen LogP contribution in [0.3, 0.4) is 0 Å². The van der Waals surface area contributed by atoms with E-state index in [1.807, 2.05) is 13.0 Å². The molecular formula is C21H17BrN2O4. The number of halogens is 1. The molecule has 0 fully saturated rings. The van der Waals surface area contributed by atoms with E-state index in [9.17, 15) is 4.79 Å². The van der Waals surface area contributed by atoms with E-state index < -0.39 is 5.91 Å². The number of rotatable bonds is 7. The largest absolute Gasteiger partial charge is 0.494 e. The summed E-state index contributed by atoms with van der Waals surface area (Å²) < 4.78 is 17.1. The highest BCUT2D eigenvalue weighted by Gasteiger charge is 2.12. The van der Waals surface area contributed by atoms with E-state index in [0.29, 0.717) is 17.9 Å². The first-order valence-corrected chi connectivity index (χ1v) is 9.25. The Labute approximate surface area is 170 Å². The van der Waals surface area contributed by atoms with Gasteiger partial charge in [-0.3, -0.25) is 4.79 Å². The second-order valence-electron chi connectivity index (χ2n) is 5.63. The number of nitrogens with zero attached hydrogens (tertiary/aromatic N) is 1. The van der Waals surface area contributed by atoms with Gasteiger partial charge in [-0.05, 0) is 70.9 Å². The molecule has 0 bridgehead atoms. The summed E-state index contributed by atoms with van der Waals surface area (Å²) in [6.45, 7) is 2.66. The Hall–Kier alpha value is -3.24. The number of amides is 1. The minimum atomic E-state index is -0.446. The van der Waals surface area contributed by atoms with Gasteiger partial charge in [-0.1, -0.05) is 5.92 Å². The fourth-order valence-corrected chi connectivity index (χ4v) is 2.96. The highest BCUT2D eigenvalue weighted by molar-refractivity contribution is 9.10. The fourth-order valence-electron chi connectivity index (χ4n) is 2.44. The SMILES string of the molecule is C#CCOc1ccc(C=NNC(=O)c2cc3cc(OCC)ccc3o2)cc1Br. The smallest absolute Gasteiger partial charge is 0.307 e. The number of furan rings is 1. The molecule has 0 aliphatic carbocycles. The van der Waals surface area contributed by atoms with Crippen molar-refractivity contribution in [2.45, 2.75) is 6.92 Å². The summed E-state index contributed by atoms with van der Waals surface area (Å²) in [4.78, 5) is 12.3. The van der Waals surface area contributed by atoms with Crippen LogP contribution in [0.4, 0.5) is 0 Å². The number of carbonyl (C=O) groups is 1. The Bertz CT molecular complexity index is 1070. The number of benzene rings is 2. The van der Waals surface area contributed by atoms with Gasteiger partial charge in [0.15, 0.2) is 5.76 Å². The standard InChI is InChI=1S/C21H17BrN2O4/c1-3-9-27-19-7-5-14(10-17(19)22)13-23-24-21(25)20-12-15-11-16(26-4-2)6-8-18(15)28-20/h1,5-8,10-13H,4,9H2,2H3,(H,24,25). The number of ether oxygens (including phenoxy) is 2. The first kappa shape index (κ1) is 19.5. The molecule has 0 saturated carbocycles. The lowest BCUT2D eigenvalue weighted by atomic mass is 10.2. The Kier molecular flexibility index (Phi) is 6.35. The minimum Gasteiger partial charge on any atom is -0.494 e. The fraction of sp³-hybridized carbons (Fsp3) is 0.143. The van der Waals surface area contributed by atoms with Crippen LogP contribution in [0.1, 0.15) is 23.0 Å². The second kappa shape index (κ2) is 9.11. The summed E-state index contributed by atoms with van der Waals surface area (Å²) in [5.41, 5.74) is 3.82. The number of fused-ring (bicyclic) bond motifs is 1. The number of nitrogens with one attached hydrogen (secondary N) is 1. The molecule has 3 rings (SSSR count). The number of hydrazone groups is 1. The summed E-state index contributed by atoms with van der Waals surface area (Å²) in [6.07, 6.45) is 6.70. The number of hydrogen-bond donors (Lipinski definition) is 1. The van der Waals surface area contributed by atoms with Crippen LogP contribution in [0.25, 0.3) is 11.0 Å². The van der Waals surface area contributed by atoms with E-state index in [0.717, 1.165) is 21.2 Å². The molecule has 6 nitrogen and oxygen atoms in total. The first-order valence-electron chi connectivity index (χ1n) is 8.46. The number of carbonyl (C=O) groups excluding carboxylic acids is 1. The Morgan fingerprint density at radius 1 is 1.29 bits per heavy atom. The van der Waals surface area contributed by atoms with Crippen molar-refractivity contribution in [3.63, 3.8) is 0 Å². The molecule has 3 aromatic rings. The van der Waals surface area contributed by atoms with Gasteiger partial charge < -0.3 is 13.9 Å². The molecule has 1 amide bonds. The topological polar surface area (TPSA) is 73.1 Å². The average Bonchev–Trinajstić information content (AvgIpc) is 3.11. The molecule has 1 N–H and O–H groups in total. The third-order valence-corrected chi connectivity index (χ3v) is 4.29. The maximum atomic E-state index is 12.3. The normalized spacial score (nSPS) is 10.8. The van der Waals surface area contributed by atoms with E-state index in [4.69, 9.17) is 20.3 Å². The van der Waals surface area contributed by atoms with Gasteiger partial charge in [0.05, 0.1) is 17.3 Å². The van der Waals surface area contributed by atoms with Crippen molar-refractivity contribution in [3.05, 3.63) is 58.3 Å². The van der Waals surface area contributed by atoms with E-state index in [2.05, 4.69) is 32.4 Å². The number of hydrogen-bond acceptors (Lipinski definition) is 5. The lowest BCUT2D eigenvalue weighted by Gasteiger charge is -2.05. The van der Waals surface area contributed by atoms with Crippen LogP contribution in [-0.4, -0.2) is 25.3 Å². The monoisotopic (exact) mass is 440 g/mol. The van der Waals surface area contributed by atoms with Crippen molar-refractivity contribution in [1.82, 2.24) is 5.43 Å². The molecule has 0 aliphatic rings. The van der Waals surface area contributed by atoms with Gasteiger partial charge in [0, 0.05) is 5.39 Å². The van der Waals surface area contributed by atoms with Crippen molar-refractivity contribution in [2.24, 2.45) is 5.10 Å². The molecule has 0 saturated heterocycles. The van der Waals surface area contributed by atoms with E-state index in [1.165, 1.54) is 6.21 Å². The average molecular weight is 441 g/mol. The third-order valence-electron chi connectivity index (χ3n) is 3.67. The van der Waals surface area contributed by atoms with Crippen LogP contribution < -0.4 is 14.9 Å². The molecule has 0 radical (unpaired) electrons. The molecule has 0 aliphatic heterocycles. The number of terminal acetylenes is 1. The molecule has 1 heterocycles. The molecule has 1 aromatic heterocycles. The van der Waals surface area contributed by atoms with Crippen molar-refractivity contribution < 1.29 is 18.7 Å². The van der Waals surface area contributed by atoms with Gasteiger partial charge in [0.1, 0.15) is 23.7 Å². The Morgan fingerprint density at radius 3 is 2.89 bits per heavy atom. The predicted octanol–water partition coefficient (Wildman–Crippen LogP) is 4.37. The van der Waals surface area contributed by atoms with Gasteiger partial charge in [0.2, 0.25) is 0 Å². The molecule has 142 valence electrons. The molecule has 28 heavy (non-hydrogen) atoms. The summed E-state index contributed by atoms with van der Waals surface area (Å²) in [6, 6.07) is 12.4. The zero-order chi connectivity index (χ0) is 19.9. The lowest BCUT2D eigenvalue weighted by molar-refractivity contribution is 0.0929. The van der Waals surface area contributed by atoms with Crippen molar-refractivity contribution in [2.75, 3.05) is 13.2 Å². The minimum absolute atomic E-state index is 0.167. The molecule has 2 aromatic carbocycles. The molecule has 0 atom stereocenters. The molecular weight excluding hydrogens is 424 g/mol. The second-order valence-corrected chi connectivity index (χ2v) is 6.48. The molecule has 0 spiro atoms. The van der Waals surface area contributed by atoms with Gasteiger partial charge in [-0.25, -0.2) is 5.43 Å². The summed E-state index contributed by atoms with van der Waals surface area (Å²) in [5, 5.41) is 4.75. The summed E-state index contributed by atoms with van der Waals surface area (Å²) in [7, 11) is 0. The van der Waals surface area contributed by atoms with Crippen LogP contribution in [0.2, 0.25) is 0 Å². The predicted molar refractivity (Wildman–Crippen MR) is 111 cm³/mol. The first-order chi connectivity index (χ1) is 13.6. The van der Waals surface area contributed by atoms with Crippen LogP contribution in [0, 0.1) is 12.3 Å². The molecule has 0 unspecified atom stereocenters. The van der Waals surface area contributed by atoms with Crippen LogP contribution in [-0.2, 0) is 0 Å². The van der Waals surface area contributed by atoms with Crippen LogP contribution in [0.5, 0.6) is 11.5 Å². The maximum Gasteiger partial charge on any atom is 0.307 e. The highest BCUT2D eigenvalue weighted by Crippen LogP contribution is 2.26. The zero-order valence-corrected chi connectivity index (χ0v) is 16.7.